The number of amides is 3. The predicted octanol–water partition coefficient (Wildman–Crippen LogP) is 3.55. The molecule has 180 valence electrons. The highest BCUT2D eigenvalue weighted by Gasteiger charge is 2.42. The van der Waals surface area contributed by atoms with Gasteiger partial charge < -0.3 is 10.1 Å². The Morgan fingerprint density at radius 1 is 0.943 bits per heavy atom. The molecule has 0 aliphatic carbocycles. The lowest BCUT2D eigenvalue weighted by Gasteiger charge is -2.25. The van der Waals surface area contributed by atoms with Gasteiger partial charge in [-0.15, -0.1) is 0 Å². The lowest BCUT2D eigenvalue weighted by Crippen LogP contribution is -2.50. The quantitative estimate of drug-likeness (QED) is 0.495. The molecule has 35 heavy (non-hydrogen) atoms. The summed E-state index contributed by atoms with van der Waals surface area (Å²) in [5, 5.41) is 2.62. The van der Waals surface area contributed by atoms with Crippen molar-refractivity contribution >= 4 is 17.7 Å². The van der Waals surface area contributed by atoms with Crippen molar-refractivity contribution in [3.05, 3.63) is 95.2 Å². The standard InChI is InChI=1S/C25H20F3N3O4/c26-25(27,28)15-35-22-17(9-6-12-29-22)14-30-21(32)20(13-16-7-2-1-3-8-16)31-23(33)18-10-4-5-11-19(18)24(31)34/h1-12,20H,13-15H2,(H,30,32). The minimum atomic E-state index is -4.55. The highest BCUT2D eigenvalue weighted by molar-refractivity contribution is 6.22. The monoisotopic (exact) mass is 483 g/mol. The highest BCUT2D eigenvalue weighted by Crippen LogP contribution is 2.26. The molecule has 1 N–H and O–H groups in total. The molecular weight excluding hydrogens is 463 g/mol. The molecule has 0 saturated carbocycles. The van der Waals surface area contributed by atoms with Crippen molar-refractivity contribution in [2.75, 3.05) is 6.61 Å². The van der Waals surface area contributed by atoms with Crippen molar-refractivity contribution in [2.45, 2.75) is 25.2 Å². The lowest BCUT2D eigenvalue weighted by atomic mass is 10.0. The van der Waals surface area contributed by atoms with Gasteiger partial charge >= 0.3 is 6.18 Å². The van der Waals surface area contributed by atoms with Crippen molar-refractivity contribution in [1.82, 2.24) is 15.2 Å². The van der Waals surface area contributed by atoms with Gasteiger partial charge in [-0.2, -0.15) is 13.2 Å². The molecule has 10 heteroatoms. The van der Waals surface area contributed by atoms with Crippen molar-refractivity contribution in [3.8, 4) is 5.88 Å². The Labute approximate surface area is 198 Å². The lowest BCUT2D eigenvalue weighted by molar-refractivity contribution is -0.154. The van der Waals surface area contributed by atoms with E-state index in [-0.39, 0.29) is 35.5 Å². The number of aromatic nitrogens is 1. The summed E-state index contributed by atoms with van der Waals surface area (Å²) in [6.07, 6.45) is -3.22. The second-order valence-corrected chi connectivity index (χ2v) is 7.82. The smallest absolute Gasteiger partial charge is 0.422 e. The highest BCUT2D eigenvalue weighted by atomic mass is 19.4. The van der Waals surface area contributed by atoms with Crippen molar-refractivity contribution in [2.24, 2.45) is 0 Å². The number of fused-ring (bicyclic) bond motifs is 1. The molecule has 1 unspecified atom stereocenters. The molecular formula is C25H20F3N3O4. The number of alkyl halides is 3. The van der Waals surface area contributed by atoms with E-state index in [9.17, 15) is 27.6 Å². The van der Waals surface area contributed by atoms with E-state index in [1.807, 2.05) is 0 Å². The van der Waals surface area contributed by atoms with E-state index < -0.39 is 36.5 Å². The maximum Gasteiger partial charge on any atom is 0.422 e. The number of pyridine rings is 1. The van der Waals surface area contributed by atoms with Crippen LogP contribution in [-0.4, -0.2) is 46.4 Å². The Bertz CT molecular complexity index is 1210. The van der Waals surface area contributed by atoms with Crippen molar-refractivity contribution in [1.29, 1.82) is 0 Å². The van der Waals surface area contributed by atoms with E-state index in [0.717, 1.165) is 10.5 Å². The number of ether oxygens (including phenoxy) is 1. The van der Waals surface area contributed by atoms with Crippen molar-refractivity contribution in [3.63, 3.8) is 0 Å². The van der Waals surface area contributed by atoms with Crippen LogP contribution in [0.5, 0.6) is 5.88 Å². The van der Waals surface area contributed by atoms with E-state index >= 15 is 0 Å². The summed E-state index contributed by atoms with van der Waals surface area (Å²) in [4.78, 5) is 44.1. The number of carbonyl (C=O) groups is 3. The average Bonchev–Trinajstić information content (AvgIpc) is 3.10. The summed E-state index contributed by atoms with van der Waals surface area (Å²) in [5.41, 5.74) is 1.35. The number of benzene rings is 2. The molecule has 0 fully saturated rings. The van der Waals surface area contributed by atoms with Crippen LogP contribution in [0.1, 0.15) is 31.8 Å². The van der Waals surface area contributed by atoms with Crippen LogP contribution in [0.2, 0.25) is 0 Å². The number of imide groups is 1. The number of hydrogen-bond donors (Lipinski definition) is 1. The van der Waals surface area contributed by atoms with Crippen LogP contribution in [0.15, 0.2) is 72.9 Å². The van der Waals surface area contributed by atoms with E-state index in [0.29, 0.717) is 0 Å². The van der Waals surface area contributed by atoms with Gasteiger partial charge in [0.15, 0.2) is 6.61 Å². The first-order valence-corrected chi connectivity index (χ1v) is 10.7. The molecule has 1 aromatic heterocycles. The van der Waals surface area contributed by atoms with Gasteiger partial charge in [0.25, 0.3) is 11.8 Å². The van der Waals surface area contributed by atoms with Gasteiger partial charge in [-0.25, -0.2) is 4.98 Å². The van der Waals surface area contributed by atoms with Gasteiger partial charge in [-0.3, -0.25) is 19.3 Å². The molecule has 3 amide bonds. The molecule has 0 bridgehead atoms. The molecule has 4 rings (SSSR count). The van der Waals surface area contributed by atoms with Gasteiger partial charge in [0.1, 0.15) is 6.04 Å². The van der Waals surface area contributed by atoms with Gasteiger partial charge in [0.05, 0.1) is 11.1 Å². The Hall–Kier alpha value is -4.21. The zero-order chi connectivity index (χ0) is 25.0. The third-order valence-electron chi connectivity index (χ3n) is 5.39. The van der Waals surface area contributed by atoms with Crippen LogP contribution in [0.25, 0.3) is 0 Å². The van der Waals surface area contributed by atoms with Crippen LogP contribution >= 0.6 is 0 Å². The number of hydrogen-bond acceptors (Lipinski definition) is 5. The molecule has 2 aromatic carbocycles. The van der Waals surface area contributed by atoms with Gasteiger partial charge in [0, 0.05) is 24.7 Å². The first-order chi connectivity index (χ1) is 16.7. The Kier molecular flexibility index (Phi) is 6.81. The van der Waals surface area contributed by atoms with E-state index in [4.69, 9.17) is 4.74 Å². The van der Waals surface area contributed by atoms with E-state index in [1.165, 1.54) is 30.5 Å². The second-order valence-electron chi connectivity index (χ2n) is 7.82. The maximum absolute atomic E-state index is 13.3. The molecule has 3 aromatic rings. The summed E-state index contributed by atoms with van der Waals surface area (Å²) < 4.78 is 42.5. The summed E-state index contributed by atoms with van der Waals surface area (Å²) in [5.74, 6) is -2.09. The normalized spacial score (nSPS) is 14.0. The fourth-order valence-corrected chi connectivity index (χ4v) is 3.77. The SMILES string of the molecule is O=C(NCc1cccnc1OCC(F)(F)F)C(Cc1ccccc1)N1C(=O)c2ccccc2C1=O. The Balaban J connectivity index is 1.56. The summed E-state index contributed by atoms with van der Waals surface area (Å²) in [6.45, 7) is -1.75. The van der Waals surface area contributed by atoms with Crippen LogP contribution in [0.4, 0.5) is 13.2 Å². The molecule has 1 aliphatic rings. The van der Waals surface area contributed by atoms with Gasteiger partial charge in [-0.05, 0) is 23.8 Å². The topological polar surface area (TPSA) is 88.6 Å². The molecule has 1 atom stereocenters. The number of carbonyl (C=O) groups excluding carboxylic acids is 3. The average molecular weight is 483 g/mol. The molecule has 2 heterocycles. The van der Waals surface area contributed by atoms with Gasteiger partial charge in [-0.1, -0.05) is 48.5 Å². The maximum atomic E-state index is 13.3. The van der Waals surface area contributed by atoms with Crippen molar-refractivity contribution < 1.29 is 32.3 Å². The minimum absolute atomic E-state index is 0.0581. The summed E-state index contributed by atoms with van der Waals surface area (Å²) in [7, 11) is 0. The number of rotatable bonds is 8. The van der Waals surface area contributed by atoms with Crippen LogP contribution in [0, 0.1) is 0 Å². The van der Waals surface area contributed by atoms with E-state index in [2.05, 4.69) is 10.3 Å². The second kappa shape index (κ2) is 9.96. The largest absolute Gasteiger partial charge is 0.468 e. The summed E-state index contributed by atoms with van der Waals surface area (Å²) in [6, 6.07) is 17.0. The molecule has 0 radical (unpaired) electrons. The molecule has 7 nitrogen and oxygen atoms in total. The predicted molar refractivity (Wildman–Crippen MR) is 119 cm³/mol. The molecule has 0 saturated heterocycles. The zero-order valence-corrected chi connectivity index (χ0v) is 18.3. The minimum Gasteiger partial charge on any atom is -0.468 e. The molecule has 0 spiro atoms. The Morgan fingerprint density at radius 2 is 1.57 bits per heavy atom. The number of halogens is 3. The van der Waals surface area contributed by atoms with E-state index in [1.54, 1.807) is 42.5 Å². The zero-order valence-electron chi connectivity index (χ0n) is 18.3. The Morgan fingerprint density at radius 3 is 2.20 bits per heavy atom. The number of nitrogens with one attached hydrogen (secondary N) is 1. The third-order valence-corrected chi connectivity index (χ3v) is 5.39. The summed E-state index contributed by atoms with van der Waals surface area (Å²) >= 11 is 0. The van der Waals surface area contributed by atoms with Crippen LogP contribution in [-0.2, 0) is 17.8 Å². The first kappa shape index (κ1) is 23.9. The first-order valence-electron chi connectivity index (χ1n) is 10.7. The fraction of sp³-hybridized carbons (Fsp3) is 0.200. The number of nitrogens with zero attached hydrogens (tertiary/aromatic N) is 2. The van der Waals surface area contributed by atoms with Crippen LogP contribution in [0.3, 0.4) is 0 Å². The van der Waals surface area contributed by atoms with Crippen LogP contribution < -0.4 is 10.1 Å². The molecule has 1 aliphatic heterocycles. The third kappa shape index (κ3) is 5.48. The van der Waals surface area contributed by atoms with Gasteiger partial charge in [0.2, 0.25) is 11.8 Å². The fourth-order valence-electron chi connectivity index (χ4n) is 3.77.